The van der Waals surface area contributed by atoms with Gasteiger partial charge in [0.05, 0.1) is 5.52 Å². The largest absolute Gasteiger partial charge is 0.461 e. The van der Waals surface area contributed by atoms with Crippen LogP contribution in [0.5, 0.6) is 17.2 Å². The van der Waals surface area contributed by atoms with Crippen molar-refractivity contribution in [3.63, 3.8) is 0 Å². The minimum atomic E-state index is -4.60. The minimum Gasteiger partial charge on any atom is -0.457 e. The number of alkyl halides is 4. The van der Waals surface area contributed by atoms with Crippen LogP contribution in [0.3, 0.4) is 0 Å². The molecular weight excluding hydrogens is 454 g/mol. The number of nitrogens with two attached hydrogens (primary N) is 1. The molecule has 2 heterocycles. The lowest BCUT2D eigenvalue weighted by Gasteiger charge is -2.17. The SMILES string of the molecule is Cc1cc(Nc2ncnc3ccn(CCN)c23)ccc1Oc1cccc(OC(F)(F)C(F)F)c1. The molecule has 2 aromatic carbocycles. The fraction of sp³-hybridized carbons (Fsp3) is 0.217. The molecule has 0 radical (unpaired) electrons. The van der Waals surface area contributed by atoms with Gasteiger partial charge in [0.2, 0.25) is 0 Å². The van der Waals surface area contributed by atoms with Crippen molar-refractivity contribution in [2.24, 2.45) is 5.73 Å². The number of halogens is 4. The number of nitrogens with one attached hydrogen (secondary N) is 1. The van der Waals surface area contributed by atoms with Gasteiger partial charge in [-0.05, 0) is 48.9 Å². The van der Waals surface area contributed by atoms with Gasteiger partial charge in [-0.3, -0.25) is 0 Å². The zero-order valence-electron chi connectivity index (χ0n) is 18.0. The van der Waals surface area contributed by atoms with Crippen LogP contribution in [-0.2, 0) is 6.54 Å². The minimum absolute atomic E-state index is 0.156. The molecule has 34 heavy (non-hydrogen) atoms. The van der Waals surface area contributed by atoms with E-state index in [4.69, 9.17) is 10.5 Å². The van der Waals surface area contributed by atoms with Crippen molar-refractivity contribution in [2.75, 3.05) is 11.9 Å². The van der Waals surface area contributed by atoms with Crippen molar-refractivity contribution in [1.29, 1.82) is 0 Å². The fourth-order valence-corrected chi connectivity index (χ4v) is 3.36. The number of nitrogens with zero attached hydrogens (tertiary/aromatic N) is 3. The zero-order chi connectivity index (χ0) is 24.3. The summed E-state index contributed by atoms with van der Waals surface area (Å²) in [5.41, 5.74) is 8.76. The average molecular weight is 475 g/mol. The van der Waals surface area contributed by atoms with Gasteiger partial charge in [0.1, 0.15) is 29.1 Å². The van der Waals surface area contributed by atoms with E-state index in [0.717, 1.165) is 34.4 Å². The van der Waals surface area contributed by atoms with Crippen molar-refractivity contribution in [2.45, 2.75) is 26.0 Å². The highest BCUT2D eigenvalue weighted by Crippen LogP contribution is 2.33. The highest BCUT2D eigenvalue weighted by molar-refractivity contribution is 5.88. The highest BCUT2D eigenvalue weighted by atomic mass is 19.3. The Morgan fingerprint density at radius 2 is 1.88 bits per heavy atom. The summed E-state index contributed by atoms with van der Waals surface area (Å²) in [5, 5.41) is 3.27. The second kappa shape index (κ2) is 9.56. The summed E-state index contributed by atoms with van der Waals surface area (Å²) >= 11 is 0. The number of aromatic nitrogens is 3. The summed E-state index contributed by atoms with van der Waals surface area (Å²) < 4.78 is 63.0. The number of fused-ring (bicyclic) bond motifs is 1. The molecule has 0 saturated heterocycles. The maximum Gasteiger partial charge on any atom is 0.461 e. The van der Waals surface area contributed by atoms with Crippen molar-refractivity contribution < 1.29 is 27.0 Å². The number of hydrogen-bond donors (Lipinski definition) is 2. The Morgan fingerprint density at radius 3 is 2.62 bits per heavy atom. The summed E-state index contributed by atoms with van der Waals surface area (Å²) in [4.78, 5) is 8.62. The number of anilines is 2. The maximum absolute atomic E-state index is 13.2. The van der Waals surface area contributed by atoms with E-state index in [2.05, 4.69) is 20.0 Å². The molecule has 0 atom stereocenters. The topological polar surface area (TPSA) is 87.2 Å². The highest BCUT2D eigenvalue weighted by Gasteiger charge is 2.44. The lowest BCUT2D eigenvalue weighted by atomic mass is 10.2. The summed E-state index contributed by atoms with van der Waals surface area (Å²) in [5.74, 6) is 0.777. The second-order valence-electron chi connectivity index (χ2n) is 7.40. The Hall–Kier alpha value is -3.86. The number of hydrogen-bond acceptors (Lipinski definition) is 6. The van der Waals surface area contributed by atoms with Gasteiger partial charge in [-0.15, -0.1) is 0 Å². The lowest BCUT2D eigenvalue weighted by molar-refractivity contribution is -0.253. The molecule has 0 aliphatic rings. The first-order chi connectivity index (χ1) is 16.3. The van der Waals surface area contributed by atoms with E-state index in [-0.39, 0.29) is 5.75 Å². The molecule has 178 valence electrons. The third-order valence-corrected chi connectivity index (χ3v) is 4.90. The van der Waals surface area contributed by atoms with Gasteiger partial charge >= 0.3 is 12.5 Å². The summed E-state index contributed by atoms with van der Waals surface area (Å²) in [6.07, 6.45) is -5.19. The standard InChI is InChI=1S/C23H21F4N5O2/c1-14-11-15(31-21-20-18(29-13-30-21)7-9-32(20)10-8-28)5-6-19(14)33-16-3-2-4-17(12-16)34-23(26,27)22(24)25/h2-7,9,11-13,22H,8,10,28H2,1H3,(H,29,30,31). The summed E-state index contributed by atoms with van der Waals surface area (Å²) in [6, 6.07) is 12.3. The van der Waals surface area contributed by atoms with Gasteiger partial charge in [0.25, 0.3) is 0 Å². The van der Waals surface area contributed by atoms with Crippen LogP contribution in [0.2, 0.25) is 0 Å². The third-order valence-electron chi connectivity index (χ3n) is 4.90. The fourth-order valence-electron chi connectivity index (χ4n) is 3.36. The van der Waals surface area contributed by atoms with E-state index in [0.29, 0.717) is 24.7 Å². The van der Waals surface area contributed by atoms with E-state index < -0.39 is 18.3 Å². The predicted octanol–water partition coefficient (Wildman–Crippen LogP) is 5.47. The first-order valence-corrected chi connectivity index (χ1v) is 10.3. The van der Waals surface area contributed by atoms with Gasteiger partial charge in [0, 0.05) is 31.0 Å². The molecule has 4 rings (SSSR count). The van der Waals surface area contributed by atoms with E-state index in [1.807, 2.05) is 22.9 Å². The summed E-state index contributed by atoms with van der Waals surface area (Å²) in [6.45, 7) is 2.89. The molecule has 11 heteroatoms. The molecule has 0 spiro atoms. The van der Waals surface area contributed by atoms with Crippen molar-refractivity contribution in [3.8, 4) is 17.2 Å². The maximum atomic E-state index is 13.2. The Bertz CT molecular complexity index is 1300. The first kappa shape index (κ1) is 23.3. The smallest absolute Gasteiger partial charge is 0.457 e. The molecular formula is C23H21F4N5O2. The van der Waals surface area contributed by atoms with Crippen LogP contribution in [0.25, 0.3) is 11.0 Å². The Morgan fingerprint density at radius 1 is 1.09 bits per heavy atom. The average Bonchev–Trinajstić information content (AvgIpc) is 3.20. The number of aryl methyl sites for hydroxylation is 1. The molecule has 3 N–H and O–H groups in total. The lowest BCUT2D eigenvalue weighted by Crippen LogP contribution is -2.33. The number of benzene rings is 2. The van der Waals surface area contributed by atoms with Crippen molar-refractivity contribution >= 4 is 22.5 Å². The number of rotatable bonds is 9. The predicted molar refractivity (Wildman–Crippen MR) is 119 cm³/mol. The Labute approximate surface area is 192 Å². The molecule has 0 bridgehead atoms. The van der Waals surface area contributed by atoms with E-state index in [1.54, 1.807) is 19.1 Å². The summed E-state index contributed by atoms with van der Waals surface area (Å²) in [7, 11) is 0. The van der Waals surface area contributed by atoms with Crippen molar-refractivity contribution in [3.05, 3.63) is 66.6 Å². The van der Waals surface area contributed by atoms with Crippen molar-refractivity contribution in [1.82, 2.24) is 14.5 Å². The second-order valence-corrected chi connectivity index (χ2v) is 7.40. The van der Waals surface area contributed by atoms with Gasteiger partial charge in [-0.25, -0.2) is 9.97 Å². The van der Waals surface area contributed by atoms with Gasteiger partial charge in [-0.1, -0.05) is 6.07 Å². The van der Waals surface area contributed by atoms with Crippen LogP contribution in [0.15, 0.2) is 61.1 Å². The van der Waals surface area contributed by atoms with Gasteiger partial charge < -0.3 is 25.1 Å². The van der Waals surface area contributed by atoms with Crippen LogP contribution in [-0.4, -0.2) is 33.6 Å². The van der Waals surface area contributed by atoms with Gasteiger partial charge in [0.15, 0.2) is 5.82 Å². The van der Waals surface area contributed by atoms with Crippen LogP contribution in [0, 0.1) is 6.92 Å². The zero-order valence-corrected chi connectivity index (χ0v) is 18.0. The number of ether oxygens (including phenoxy) is 2. The van der Waals surface area contributed by atoms with E-state index in [1.165, 1.54) is 18.5 Å². The van der Waals surface area contributed by atoms with E-state index >= 15 is 0 Å². The molecule has 0 amide bonds. The monoisotopic (exact) mass is 475 g/mol. The molecule has 2 aromatic heterocycles. The molecule has 0 saturated carbocycles. The third kappa shape index (κ3) is 5.04. The van der Waals surface area contributed by atoms with Crippen LogP contribution >= 0.6 is 0 Å². The van der Waals surface area contributed by atoms with Crippen LogP contribution < -0.4 is 20.5 Å². The molecule has 0 aliphatic heterocycles. The Kier molecular flexibility index (Phi) is 6.55. The molecule has 0 unspecified atom stereocenters. The normalized spacial score (nSPS) is 11.7. The van der Waals surface area contributed by atoms with Gasteiger partial charge in [-0.2, -0.15) is 17.6 Å². The quantitative estimate of drug-likeness (QED) is 0.312. The molecule has 7 nitrogen and oxygen atoms in total. The van der Waals surface area contributed by atoms with Crippen LogP contribution in [0.4, 0.5) is 29.1 Å². The first-order valence-electron chi connectivity index (χ1n) is 10.3. The Balaban J connectivity index is 1.52. The van der Waals surface area contributed by atoms with E-state index in [9.17, 15) is 17.6 Å². The van der Waals surface area contributed by atoms with Crippen LogP contribution in [0.1, 0.15) is 5.56 Å². The molecule has 0 fully saturated rings. The molecule has 0 aliphatic carbocycles. The molecule has 4 aromatic rings.